The average molecular weight is 1090 g/mol. The van der Waals surface area contributed by atoms with Gasteiger partial charge in [-0.3, -0.25) is 0 Å². The first-order chi connectivity index (χ1) is 41.1. The van der Waals surface area contributed by atoms with Crippen molar-refractivity contribution in [2.75, 3.05) is 9.80 Å². The third-order valence-corrected chi connectivity index (χ3v) is 17.0. The Morgan fingerprint density at radius 3 is 0.964 bits per heavy atom. The van der Waals surface area contributed by atoms with E-state index in [1.165, 1.54) is 36.4 Å². The molecule has 0 spiro atoms. The molecule has 84 heavy (non-hydrogen) atoms. The molecule has 2 aliphatic carbocycles. The number of rotatable bonds is 13. The molecule has 14 rings (SSSR count). The summed E-state index contributed by atoms with van der Waals surface area (Å²) < 4.78 is 62.1. The average Bonchev–Trinajstić information content (AvgIpc) is 1.88. The minimum absolute atomic E-state index is 0.334. The van der Waals surface area contributed by atoms with Crippen molar-refractivity contribution < 1.29 is 17.6 Å². The Hall–Kier alpha value is -10.6. The van der Waals surface area contributed by atoms with E-state index in [1.54, 1.807) is 36.4 Å². The molecule has 0 fully saturated rings. The fourth-order valence-corrected chi connectivity index (χ4v) is 13.3. The molecule has 0 N–H and O–H groups in total. The van der Waals surface area contributed by atoms with E-state index in [9.17, 15) is 0 Å². The maximum Gasteiger partial charge on any atom is 0.125 e. The van der Waals surface area contributed by atoms with Crippen LogP contribution in [0.2, 0.25) is 0 Å². The number of anilines is 6. The van der Waals surface area contributed by atoms with Gasteiger partial charge in [-0.1, -0.05) is 195 Å². The lowest BCUT2D eigenvalue weighted by Crippen LogP contribution is -2.29. The molecule has 0 saturated heterocycles. The van der Waals surface area contributed by atoms with Gasteiger partial charge in [-0.25, -0.2) is 17.6 Å². The quantitative estimate of drug-likeness (QED) is 0.106. The molecule has 0 aromatic heterocycles. The maximum atomic E-state index is 15.6. The highest BCUT2D eigenvalue weighted by Crippen LogP contribution is 2.59. The second kappa shape index (κ2) is 20.8. The van der Waals surface area contributed by atoms with E-state index in [-0.39, 0.29) is 23.3 Å². The molecular formula is C78H52F4N2. The highest BCUT2D eigenvalue weighted by atomic mass is 19.1. The smallest absolute Gasteiger partial charge is 0.125 e. The van der Waals surface area contributed by atoms with Gasteiger partial charge in [0.05, 0.1) is 10.8 Å². The zero-order valence-electron chi connectivity index (χ0n) is 45.5. The van der Waals surface area contributed by atoms with Crippen molar-refractivity contribution >= 4 is 46.3 Å². The Kier molecular flexibility index (Phi) is 12.7. The van der Waals surface area contributed by atoms with Crippen molar-refractivity contribution in [3.63, 3.8) is 0 Å². The molecule has 0 radical (unpaired) electrons. The summed E-state index contributed by atoms with van der Waals surface area (Å²) in [5, 5.41) is 0. The van der Waals surface area contributed by atoms with E-state index in [2.05, 4.69) is 132 Å². The van der Waals surface area contributed by atoms with Crippen molar-refractivity contribution in [2.24, 2.45) is 0 Å². The van der Waals surface area contributed by atoms with Crippen LogP contribution in [0.25, 0.3) is 45.5 Å². The highest BCUT2D eigenvalue weighted by molar-refractivity contribution is 5.92. The maximum absolute atomic E-state index is 15.6. The van der Waals surface area contributed by atoms with Crippen LogP contribution in [0.4, 0.5) is 51.7 Å². The molecule has 2 aliphatic rings. The van der Waals surface area contributed by atoms with Crippen LogP contribution in [-0.2, 0) is 10.8 Å². The minimum Gasteiger partial charge on any atom is -0.310 e. The van der Waals surface area contributed by atoms with Crippen LogP contribution in [-0.4, -0.2) is 0 Å². The summed E-state index contributed by atoms with van der Waals surface area (Å²) in [5.41, 5.74) is 18.1. The molecule has 2 nitrogen and oxygen atoms in total. The van der Waals surface area contributed by atoms with Crippen LogP contribution in [0.5, 0.6) is 0 Å². The topological polar surface area (TPSA) is 6.48 Å². The number of hydrogen-bond donors (Lipinski definition) is 0. The van der Waals surface area contributed by atoms with E-state index in [0.717, 1.165) is 112 Å². The van der Waals surface area contributed by atoms with Gasteiger partial charge in [0.2, 0.25) is 0 Å². The SMILES string of the molecule is C=Cc1ccc(C2(c3cccc(F)c3)c3ccccc3-c3ccc(N(c4ccc(-c5ccc(N(c6cccc(F)c6)c6ccc7c(c6)C(c6ccc(C=C)cc6)(c6cccc(F)c6)c6ccccc6-7)cc5)cc4)c4cccc(F)c4)cc32)cc1. The normalized spacial score (nSPS) is 15.3. The molecule has 0 heterocycles. The Bertz CT molecular complexity index is 4240. The number of halogens is 4. The summed E-state index contributed by atoms with van der Waals surface area (Å²) in [6, 6.07) is 89.3. The fraction of sp³-hybridized carbons (Fsp3) is 0.0256. The summed E-state index contributed by atoms with van der Waals surface area (Å²) in [6.45, 7) is 8.00. The van der Waals surface area contributed by atoms with Crippen LogP contribution >= 0.6 is 0 Å². The molecular weight excluding hydrogens is 1040 g/mol. The molecule has 0 aliphatic heterocycles. The van der Waals surface area contributed by atoms with Crippen LogP contribution in [0, 0.1) is 23.3 Å². The standard InChI is InChI=1S/C78H52F4N2/c1-3-51-25-33-55(34-26-51)77(57-13-9-15-59(79)45-57)73-23-7-5-21-69(73)71-43-41-67(49-75(71)77)83(65-19-11-17-61(81)47-65)63-37-29-53(30-38-63)54-31-39-64(40-32-54)84(66-20-12-18-62(82)48-66)68-42-44-72-70-22-6-8-24-74(70)78(76(72)50-68,58-14-10-16-60(80)46-58)56-35-27-52(4-2)28-36-56/h3-50H,1-2H2. The molecule has 0 amide bonds. The predicted octanol–water partition coefficient (Wildman–Crippen LogP) is 20.9. The van der Waals surface area contributed by atoms with Crippen molar-refractivity contribution in [3.05, 3.63) is 371 Å². The lowest BCUT2D eigenvalue weighted by atomic mass is 9.67. The van der Waals surface area contributed by atoms with E-state index in [0.29, 0.717) is 11.4 Å². The molecule has 402 valence electrons. The summed E-state index contributed by atoms with van der Waals surface area (Å²) in [6.07, 6.45) is 3.63. The molecule has 12 aromatic rings. The van der Waals surface area contributed by atoms with Gasteiger partial charge in [-0.2, -0.15) is 0 Å². The molecule has 0 saturated carbocycles. The second-order valence-electron chi connectivity index (χ2n) is 21.4. The van der Waals surface area contributed by atoms with Gasteiger partial charge >= 0.3 is 0 Å². The molecule has 12 aromatic carbocycles. The Labute approximate surface area is 486 Å². The van der Waals surface area contributed by atoms with Gasteiger partial charge in [-0.05, 0) is 198 Å². The first-order valence-electron chi connectivity index (χ1n) is 27.9. The van der Waals surface area contributed by atoms with Crippen molar-refractivity contribution in [1.82, 2.24) is 0 Å². The summed E-state index contributed by atoms with van der Waals surface area (Å²) in [5.74, 6) is -1.42. The molecule has 0 bridgehead atoms. The molecule has 2 unspecified atom stereocenters. The summed E-state index contributed by atoms with van der Waals surface area (Å²) in [7, 11) is 0. The van der Waals surface area contributed by atoms with Gasteiger partial charge in [0.15, 0.2) is 0 Å². The fourth-order valence-electron chi connectivity index (χ4n) is 13.3. The predicted molar refractivity (Wildman–Crippen MR) is 336 cm³/mol. The van der Waals surface area contributed by atoms with E-state index in [4.69, 9.17) is 0 Å². The summed E-state index contributed by atoms with van der Waals surface area (Å²) >= 11 is 0. The third kappa shape index (κ3) is 8.40. The number of fused-ring (bicyclic) bond motifs is 6. The van der Waals surface area contributed by atoms with Gasteiger partial charge in [0, 0.05) is 34.1 Å². The van der Waals surface area contributed by atoms with E-state index in [1.807, 2.05) is 109 Å². The first-order valence-corrected chi connectivity index (χ1v) is 27.9. The van der Waals surface area contributed by atoms with Crippen LogP contribution in [0.3, 0.4) is 0 Å². The monoisotopic (exact) mass is 1090 g/mol. The second-order valence-corrected chi connectivity index (χ2v) is 21.4. The minimum atomic E-state index is -0.907. The van der Waals surface area contributed by atoms with Gasteiger partial charge in [0.25, 0.3) is 0 Å². The number of benzene rings is 12. The lowest BCUT2D eigenvalue weighted by Gasteiger charge is -2.35. The van der Waals surface area contributed by atoms with E-state index >= 15 is 17.6 Å². The van der Waals surface area contributed by atoms with Crippen molar-refractivity contribution in [1.29, 1.82) is 0 Å². The Balaban J connectivity index is 0.863. The lowest BCUT2D eigenvalue weighted by molar-refractivity contribution is 0.620. The van der Waals surface area contributed by atoms with Crippen LogP contribution < -0.4 is 9.80 Å². The van der Waals surface area contributed by atoms with Crippen LogP contribution in [0.1, 0.15) is 55.6 Å². The van der Waals surface area contributed by atoms with Gasteiger partial charge < -0.3 is 9.80 Å². The summed E-state index contributed by atoms with van der Waals surface area (Å²) in [4.78, 5) is 4.11. The first kappa shape index (κ1) is 51.6. The van der Waals surface area contributed by atoms with Gasteiger partial charge in [-0.15, -0.1) is 0 Å². The van der Waals surface area contributed by atoms with Crippen molar-refractivity contribution in [3.8, 4) is 33.4 Å². The Morgan fingerprint density at radius 1 is 0.262 bits per heavy atom. The Morgan fingerprint density at radius 2 is 0.595 bits per heavy atom. The highest BCUT2D eigenvalue weighted by Gasteiger charge is 2.48. The van der Waals surface area contributed by atoms with Crippen LogP contribution in [0.15, 0.2) is 292 Å². The van der Waals surface area contributed by atoms with E-state index < -0.39 is 10.8 Å². The molecule has 6 heteroatoms. The zero-order chi connectivity index (χ0) is 57.1. The van der Waals surface area contributed by atoms with Gasteiger partial charge in [0.1, 0.15) is 23.3 Å². The van der Waals surface area contributed by atoms with Crippen molar-refractivity contribution in [2.45, 2.75) is 10.8 Å². The zero-order valence-corrected chi connectivity index (χ0v) is 45.5. The number of hydrogen-bond acceptors (Lipinski definition) is 2. The largest absolute Gasteiger partial charge is 0.310 e. The molecule has 2 atom stereocenters. The third-order valence-electron chi connectivity index (χ3n) is 17.0. The number of nitrogens with zero attached hydrogens (tertiary/aromatic N) is 2.